The average molecular weight is 260 g/mol. The lowest BCUT2D eigenvalue weighted by Crippen LogP contribution is -2.13. The van der Waals surface area contributed by atoms with Crippen LogP contribution in [0.1, 0.15) is 12.6 Å². The fraction of sp³-hybridized carbons (Fsp3) is 0.231. The fourth-order valence-corrected chi connectivity index (χ4v) is 1.54. The summed E-state index contributed by atoms with van der Waals surface area (Å²) in [6.45, 7) is 2.79. The molecule has 0 atom stereocenters. The molecule has 0 fully saturated rings. The van der Waals surface area contributed by atoms with Crippen LogP contribution in [0.15, 0.2) is 36.8 Å². The average Bonchev–Trinajstić information content (AvgIpc) is 2.91. The molecule has 2 rings (SSSR count). The molecule has 3 N–H and O–H groups in total. The number of amides is 1. The monoisotopic (exact) mass is 260 g/mol. The van der Waals surface area contributed by atoms with Crippen molar-refractivity contribution in [3.63, 3.8) is 0 Å². The lowest BCUT2D eigenvalue weighted by Gasteiger charge is -2.07. The lowest BCUT2D eigenvalue weighted by atomic mass is 10.3. The van der Waals surface area contributed by atoms with Crippen LogP contribution in [0, 0.1) is 0 Å². The van der Waals surface area contributed by atoms with Crippen molar-refractivity contribution in [2.24, 2.45) is 0 Å². The minimum absolute atomic E-state index is 0.357. The molecule has 0 saturated carbocycles. The maximum Gasteiger partial charge on any atom is 0.411 e. The number of nitrogens with zero attached hydrogens (tertiary/aromatic N) is 1. The SMILES string of the molecule is CCOC(=O)Nc1ccc(NCc2cnc[nH]2)cc1. The number of aromatic nitrogens is 2. The number of ether oxygens (including phenoxy) is 1. The van der Waals surface area contributed by atoms with Crippen LogP contribution in [0.5, 0.6) is 0 Å². The van der Waals surface area contributed by atoms with Gasteiger partial charge in [-0.3, -0.25) is 5.32 Å². The first-order valence-corrected chi connectivity index (χ1v) is 6.03. The van der Waals surface area contributed by atoms with Gasteiger partial charge >= 0.3 is 6.09 Å². The zero-order valence-corrected chi connectivity index (χ0v) is 10.6. The number of nitrogens with one attached hydrogen (secondary N) is 3. The zero-order chi connectivity index (χ0) is 13.5. The first-order valence-electron chi connectivity index (χ1n) is 6.03. The molecular formula is C13H16N4O2. The van der Waals surface area contributed by atoms with E-state index in [1.54, 1.807) is 19.4 Å². The summed E-state index contributed by atoms with van der Waals surface area (Å²) in [4.78, 5) is 18.2. The van der Waals surface area contributed by atoms with E-state index < -0.39 is 6.09 Å². The van der Waals surface area contributed by atoms with Crippen molar-refractivity contribution in [1.29, 1.82) is 0 Å². The smallest absolute Gasteiger partial charge is 0.411 e. The Bertz CT molecular complexity index is 508. The van der Waals surface area contributed by atoms with Crippen LogP contribution in [0.2, 0.25) is 0 Å². The Kier molecular flexibility index (Phi) is 4.39. The third-order valence-electron chi connectivity index (χ3n) is 2.44. The summed E-state index contributed by atoms with van der Waals surface area (Å²) >= 11 is 0. The van der Waals surface area contributed by atoms with Gasteiger partial charge in [-0.25, -0.2) is 9.78 Å². The second-order valence-electron chi connectivity index (χ2n) is 3.85. The van der Waals surface area contributed by atoms with Crippen LogP contribution in [0.25, 0.3) is 0 Å². The molecule has 100 valence electrons. The second kappa shape index (κ2) is 6.44. The van der Waals surface area contributed by atoms with Gasteiger partial charge in [0.25, 0.3) is 0 Å². The van der Waals surface area contributed by atoms with E-state index in [0.717, 1.165) is 11.4 Å². The Labute approximate surface area is 111 Å². The normalized spacial score (nSPS) is 9.95. The van der Waals surface area contributed by atoms with Crippen LogP contribution >= 0.6 is 0 Å². The minimum Gasteiger partial charge on any atom is -0.450 e. The van der Waals surface area contributed by atoms with Crippen molar-refractivity contribution >= 4 is 17.5 Å². The number of anilines is 2. The highest BCUT2D eigenvalue weighted by atomic mass is 16.5. The molecule has 6 nitrogen and oxygen atoms in total. The van der Waals surface area contributed by atoms with Gasteiger partial charge in [0.05, 0.1) is 25.2 Å². The number of aromatic amines is 1. The quantitative estimate of drug-likeness (QED) is 0.772. The van der Waals surface area contributed by atoms with E-state index in [4.69, 9.17) is 4.74 Å². The molecule has 19 heavy (non-hydrogen) atoms. The molecule has 0 unspecified atom stereocenters. The van der Waals surface area contributed by atoms with Crippen molar-refractivity contribution in [2.75, 3.05) is 17.2 Å². The van der Waals surface area contributed by atoms with Gasteiger partial charge in [-0.15, -0.1) is 0 Å². The first-order chi connectivity index (χ1) is 9.28. The molecule has 1 amide bonds. The van der Waals surface area contributed by atoms with Crippen molar-refractivity contribution in [3.05, 3.63) is 42.5 Å². The van der Waals surface area contributed by atoms with E-state index in [1.807, 2.05) is 24.3 Å². The van der Waals surface area contributed by atoms with Gasteiger partial charge in [0.2, 0.25) is 0 Å². The minimum atomic E-state index is -0.444. The van der Waals surface area contributed by atoms with Crippen LogP contribution in [0.3, 0.4) is 0 Å². The Morgan fingerprint density at radius 3 is 2.68 bits per heavy atom. The highest BCUT2D eigenvalue weighted by Gasteiger charge is 2.01. The van der Waals surface area contributed by atoms with Crippen molar-refractivity contribution in [3.8, 4) is 0 Å². The van der Waals surface area contributed by atoms with E-state index in [1.165, 1.54) is 0 Å². The van der Waals surface area contributed by atoms with Gasteiger partial charge in [0.15, 0.2) is 0 Å². The third-order valence-corrected chi connectivity index (χ3v) is 2.44. The molecule has 0 bridgehead atoms. The number of hydrogen-bond donors (Lipinski definition) is 3. The van der Waals surface area contributed by atoms with E-state index in [9.17, 15) is 4.79 Å². The number of carbonyl (C=O) groups excluding carboxylic acids is 1. The summed E-state index contributed by atoms with van der Waals surface area (Å²) < 4.78 is 4.80. The van der Waals surface area contributed by atoms with Crippen LogP contribution in [0.4, 0.5) is 16.2 Å². The molecule has 0 aliphatic rings. The molecule has 0 saturated heterocycles. The highest BCUT2D eigenvalue weighted by molar-refractivity contribution is 5.84. The lowest BCUT2D eigenvalue weighted by molar-refractivity contribution is 0.168. The van der Waals surface area contributed by atoms with Gasteiger partial charge in [-0.1, -0.05) is 0 Å². The predicted octanol–water partition coefficient (Wildman–Crippen LogP) is 2.59. The van der Waals surface area contributed by atoms with Crippen molar-refractivity contribution in [1.82, 2.24) is 9.97 Å². The molecule has 1 heterocycles. The fourth-order valence-electron chi connectivity index (χ4n) is 1.54. The van der Waals surface area contributed by atoms with Gasteiger partial charge in [-0.05, 0) is 31.2 Å². The number of benzene rings is 1. The zero-order valence-electron chi connectivity index (χ0n) is 10.6. The summed E-state index contributed by atoms with van der Waals surface area (Å²) in [6, 6.07) is 7.40. The molecule has 0 radical (unpaired) electrons. The van der Waals surface area contributed by atoms with E-state index >= 15 is 0 Å². The van der Waals surface area contributed by atoms with Crippen LogP contribution in [-0.2, 0) is 11.3 Å². The third kappa shape index (κ3) is 4.02. The van der Waals surface area contributed by atoms with Gasteiger partial charge in [0.1, 0.15) is 0 Å². The molecular weight excluding hydrogens is 244 g/mol. The van der Waals surface area contributed by atoms with E-state index in [-0.39, 0.29) is 0 Å². The highest BCUT2D eigenvalue weighted by Crippen LogP contribution is 2.14. The summed E-state index contributed by atoms with van der Waals surface area (Å²) in [6.07, 6.45) is 2.97. The van der Waals surface area contributed by atoms with Crippen LogP contribution in [-0.4, -0.2) is 22.7 Å². The van der Waals surface area contributed by atoms with Crippen molar-refractivity contribution < 1.29 is 9.53 Å². The Hall–Kier alpha value is -2.50. The number of H-pyrrole nitrogens is 1. The van der Waals surface area contributed by atoms with Gasteiger partial charge < -0.3 is 15.0 Å². The summed E-state index contributed by atoms with van der Waals surface area (Å²) in [5.41, 5.74) is 2.67. The molecule has 1 aromatic heterocycles. The molecule has 2 aromatic rings. The summed E-state index contributed by atoms with van der Waals surface area (Å²) in [5, 5.41) is 5.87. The van der Waals surface area contributed by atoms with Gasteiger partial charge in [0, 0.05) is 17.6 Å². The van der Waals surface area contributed by atoms with E-state index in [0.29, 0.717) is 18.8 Å². The molecule has 0 spiro atoms. The van der Waals surface area contributed by atoms with Gasteiger partial charge in [-0.2, -0.15) is 0 Å². The maximum atomic E-state index is 11.2. The number of hydrogen-bond acceptors (Lipinski definition) is 4. The Morgan fingerprint density at radius 2 is 2.05 bits per heavy atom. The number of rotatable bonds is 5. The van der Waals surface area contributed by atoms with Crippen LogP contribution < -0.4 is 10.6 Å². The molecule has 1 aromatic carbocycles. The standard InChI is InChI=1S/C13H16N4O2/c1-2-19-13(18)17-11-5-3-10(4-6-11)15-8-12-7-14-9-16-12/h3-7,9,15H,2,8H2,1H3,(H,14,16)(H,17,18). The Morgan fingerprint density at radius 1 is 1.32 bits per heavy atom. The molecule has 6 heteroatoms. The Balaban J connectivity index is 1.85. The van der Waals surface area contributed by atoms with E-state index in [2.05, 4.69) is 20.6 Å². The van der Waals surface area contributed by atoms with Crippen molar-refractivity contribution in [2.45, 2.75) is 13.5 Å². The number of imidazole rings is 1. The maximum absolute atomic E-state index is 11.2. The summed E-state index contributed by atoms with van der Waals surface area (Å²) in [7, 11) is 0. The first kappa shape index (κ1) is 12.9. The molecule has 0 aliphatic carbocycles. The summed E-state index contributed by atoms with van der Waals surface area (Å²) in [5.74, 6) is 0. The topological polar surface area (TPSA) is 79.0 Å². The largest absolute Gasteiger partial charge is 0.450 e. The second-order valence-corrected chi connectivity index (χ2v) is 3.85. The molecule has 0 aliphatic heterocycles. The predicted molar refractivity (Wildman–Crippen MR) is 73.0 cm³/mol. The number of carbonyl (C=O) groups is 1.